The van der Waals surface area contributed by atoms with Gasteiger partial charge in [-0.15, -0.1) is 0 Å². The van der Waals surface area contributed by atoms with E-state index in [1.807, 2.05) is 18.2 Å². The van der Waals surface area contributed by atoms with Crippen LogP contribution < -0.4 is 16.0 Å². The molecule has 2 aliphatic heterocycles. The van der Waals surface area contributed by atoms with Crippen LogP contribution in [0.2, 0.25) is 0 Å². The van der Waals surface area contributed by atoms with Gasteiger partial charge in [-0.1, -0.05) is 206 Å². The number of hydrogen-bond donors (Lipinski definition) is 2. The molecule has 2 heterocycles. The number of allylic oxidation sites excluding steroid dienone is 4. The molecule has 0 amide bonds. The first kappa shape index (κ1) is 40.8. The maximum atomic E-state index is 6.98. The molecule has 1 spiro atoms. The minimum atomic E-state index is -0.532. The summed E-state index contributed by atoms with van der Waals surface area (Å²) in [5.41, 5.74) is 29.1. The van der Waals surface area contributed by atoms with Gasteiger partial charge in [-0.3, -0.25) is 4.99 Å². The fourth-order valence-electron chi connectivity index (χ4n) is 10.5. The summed E-state index contributed by atoms with van der Waals surface area (Å²) in [5.74, 6) is 0. The standard InChI is InChI=1S/C64H48N4/c65-59(42-60(67-43-44-16-4-1-5-17-44)49-35-33-46(34-36-49)45-18-6-2-7-19-45)52-21-14-20-50(40-52)47-29-31-48(32-30-47)51-37-38-54-55-24-15-39-66-63(55)64(58(54)41-51)56-25-10-12-27-61(56)68(53-22-8-3-9-23-53)62-28-13-11-26-57(62)64/h1-38,40-42,66H,39,43,65H2/b59-42-,67-60+. The smallest absolute Gasteiger partial charge is 0.0901 e. The van der Waals surface area contributed by atoms with Crippen molar-refractivity contribution in [3.05, 3.63) is 293 Å². The Bertz CT molecular complexity index is 3410. The lowest BCUT2D eigenvalue weighted by Crippen LogP contribution is -2.41. The van der Waals surface area contributed by atoms with E-state index in [9.17, 15) is 0 Å². The molecule has 0 unspecified atom stereocenters. The van der Waals surface area contributed by atoms with Crippen molar-refractivity contribution in [3.63, 3.8) is 0 Å². The van der Waals surface area contributed by atoms with Gasteiger partial charge in [0.1, 0.15) is 0 Å². The van der Waals surface area contributed by atoms with E-state index >= 15 is 0 Å². The molecule has 68 heavy (non-hydrogen) atoms. The molecule has 4 heteroatoms. The SMILES string of the molecule is N/C(=C\C(=N/Cc1ccccc1)c1ccc(-c2ccccc2)cc1)c1cccc(-c2ccc(-c3ccc4c(c3)C3(C5=C4C=CCN5)c4ccccc4N(c4ccccc4)c4ccccc43)cc2)c1. The summed E-state index contributed by atoms with van der Waals surface area (Å²) in [5, 5.41) is 3.92. The maximum Gasteiger partial charge on any atom is 0.0901 e. The molecule has 1 aliphatic carbocycles. The van der Waals surface area contributed by atoms with E-state index in [-0.39, 0.29) is 0 Å². The molecule has 0 bridgehead atoms. The Balaban J connectivity index is 0.886. The van der Waals surface area contributed by atoms with Crippen molar-refractivity contribution >= 4 is 34.0 Å². The Kier molecular flexibility index (Phi) is 10.3. The number of anilines is 3. The van der Waals surface area contributed by atoms with Gasteiger partial charge in [0.2, 0.25) is 0 Å². The van der Waals surface area contributed by atoms with Crippen LogP contribution in [0.4, 0.5) is 17.1 Å². The van der Waals surface area contributed by atoms with Crippen molar-refractivity contribution in [2.75, 3.05) is 11.4 Å². The zero-order valence-corrected chi connectivity index (χ0v) is 37.6. The predicted molar refractivity (Wildman–Crippen MR) is 283 cm³/mol. The fraction of sp³-hybridized carbons (Fsp3) is 0.0469. The van der Waals surface area contributed by atoms with E-state index in [1.165, 1.54) is 56.0 Å². The summed E-state index contributed by atoms with van der Waals surface area (Å²) in [6.07, 6.45) is 6.58. The largest absolute Gasteiger partial charge is 0.398 e. The molecule has 0 saturated heterocycles. The van der Waals surface area contributed by atoms with Crippen LogP contribution in [0, 0.1) is 0 Å². The molecular weight excluding hydrogens is 825 g/mol. The van der Waals surface area contributed by atoms with E-state index in [1.54, 1.807) is 0 Å². The highest BCUT2D eigenvalue weighted by Crippen LogP contribution is 2.62. The first-order valence-electron chi connectivity index (χ1n) is 23.4. The predicted octanol–water partition coefficient (Wildman–Crippen LogP) is 14.7. The number of hydrogen-bond acceptors (Lipinski definition) is 4. The van der Waals surface area contributed by atoms with Gasteiger partial charge in [0, 0.05) is 29.2 Å². The normalized spacial score (nSPS) is 14.5. The second kappa shape index (κ2) is 17.2. The highest BCUT2D eigenvalue weighted by atomic mass is 15.2. The molecule has 9 aromatic carbocycles. The molecule has 324 valence electrons. The van der Waals surface area contributed by atoms with Crippen LogP contribution >= 0.6 is 0 Å². The molecule has 0 atom stereocenters. The molecule has 0 saturated carbocycles. The van der Waals surface area contributed by atoms with Crippen LogP contribution in [0.15, 0.2) is 259 Å². The molecule has 0 aromatic heterocycles. The minimum Gasteiger partial charge on any atom is -0.398 e. The molecule has 9 aromatic rings. The monoisotopic (exact) mass is 872 g/mol. The third kappa shape index (κ3) is 7.06. The van der Waals surface area contributed by atoms with Crippen LogP contribution in [0.5, 0.6) is 0 Å². The number of fused-ring (bicyclic) bond motifs is 8. The third-order valence-corrected chi connectivity index (χ3v) is 13.8. The summed E-state index contributed by atoms with van der Waals surface area (Å²) in [6.45, 7) is 1.34. The average Bonchev–Trinajstić information content (AvgIpc) is 3.70. The van der Waals surface area contributed by atoms with Crippen LogP contribution in [0.1, 0.15) is 38.9 Å². The van der Waals surface area contributed by atoms with Gasteiger partial charge in [-0.05, 0) is 115 Å². The number of nitrogens with one attached hydrogen (secondary N) is 1. The summed E-state index contributed by atoms with van der Waals surface area (Å²) in [7, 11) is 0. The Labute approximate surface area is 398 Å². The van der Waals surface area contributed by atoms with Crippen LogP contribution in [-0.2, 0) is 12.0 Å². The number of benzene rings is 9. The summed E-state index contributed by atoms with van der Waals surface area (Å²) in [4.78, 5) is 7.54. The van der Waals surface area contributed by atoms with Gasteiger partial charge in [0.05, 0.1) is 29.0 Å². The van der Waals surface area contributed by atoms with Crippen LogP contribution in [0.3, 0.4) is 0 Å². The lowest BCUT2D eigenvalue weighted by molar-refractivity contribution is 0.659. The van der Waals surface area contributed by atoms with E-state index in [2.05, 4.69) is 241 Å². The number of aliphatic imine (C=N–C) groups is 1. The summed E-state index contributed by atoms with van der Waals surface area (Å²) in [6, 6.07) is 82.6. The quantitative estimate of drug-likeness (QED) is 0.142. The Morgan fingerprint density at radius 2 is 1.06 bits per heavy atom. The summed E-state index contributed by atoms with van der Waals surface area (Å²) < 4.78 is 0. The van der Waals surface area contributed by atoms with Gasteiger partial charge in [-0.2, -0.15) is 0 Å². The van der Waals surface area contributed by atoms with Crippen molar-refractivity contribution in [3.8, 4) is 33.4 Å². The van der Waals surface area contributed by atoms with Gasteiger partial charge < -0.3 is 16.0 Å². The lowest BCUT2D eigenvalue weighted by atomic mass is 9.65. The first-order valence-corrected chi connectivity index (χ1v) is 23.4. The molecule has 0 radical (unpaired) electrons. The number of nitrogens with two attached hydrogens (primary N) is 1. The van der Waals surface area contributed by atoms with Gasteiger partial charge in [0.15, 0.2) is 0 Å². The second-order valence-corrected chi connectivity index (χ2v) is 17.7. The zero-order chi connectivity index (χ0) is 45.4. The Morgan fingerprint density at radius 3 is 1.75 bits per heavy atom. The highest BCUT2D eigenvalue weighted by Gasteiger charge is 2.53. The third-order valence-electron chi connectivity index (χ3n) is 13.8. The number of para-hydroxylation sites is 3. The van der Waals surface area contributed by atoms with E-state index < -0.39 is 5.41 Å². The van der Waals surface area contributed by atoms with E-state index in [0.717, 1.165) is 56.9 Å². The van der Waals surface area contributed by atoms with Crippen LogP contribution in [0.25, 0.3) is 44.7 Å². The van der Waals surface area contributed by atoms with Crippen molar-refractivity contribution in [1.29, 1.82) is 0 Å². The zero-order valence-electron chi connectivity index (χ0n) is 37.6. The van der Waals surface area contributed by atoms with Crippen molar-refractivity contribution < 1.29 is 0 Å². The fourth-order valence-corrected chi connectivity index (χ4v) is 10.5. The molecule has 3 N–H and O–H groups in total. The van der Waals surface area contributed by atoms with Crippen molar-refractivity contribution in [2.24, 2.45) is 10.7 Å². The van der Waals surface area contributed by atoms with Crippen molar-refractivity contribution in [2.45, 2.75) is 12.0 Å². The van der Waals surface area contributed by atoms with E-state index in [4.69, 9.17) is 10.7 Å². The van der Waals surface area contributed by atoms with Crippen LogP contribution in [-0.4, -0.2) is 12.3 Å². The Morgan fingerprint density at radius 1 is 0.515 bits per heavy atom. The van der Waals surface area contributed by atoms with Gasteiger partial charge >= 0.3 is 0 Å². The van der Waals surface area contributed by atoms with Gasteiger partial charge in [0.25, 0.3) is 0 Å². The lowest BCUT2D eigenvalue weighted by Gasteiger charge is -2.46. The number of nitrogens with zero attached hydrogens (tertiary/aromatic N) is 2. The highest BCUT2D eigenvalue weighted by molar-refractivity contribution is 6.12. The topological polar surface area (TPSA) is 53.6 Å². The van der Waals surface area contributed by atoms with E-state index in [0.29, 0.717) is 12.2 Å². The average molecular weight is 873 g/mol. The van der Waals surface area contributed by atoms with Gasteiger partial charge in [-0.25, -0.2) is 0 Å². The Hall–Kier alpha value is -8.73. The molecule has 12 rings (SSSR count). The molecule has 0 fully saturated rings. The van der Waals surface area contributed by atoms with Crippen molar-refractivity contribution in [1.82, 2.24) is 5.32 Å². The molecular formula is C64H48N4. The first-order chi connectivity index (χ1) is 33.6. The second-order valence-electron chi connectivity index (χ2n) is 17.7. The number of rotatable bonds is 9. The summed E-state index contributed by atoms with van der Waals surface area (Å²) >= 11 is 0. The maximum absolute atomic E-state index is 6.98. The molecule has 3 aliphatic rings. The molecule has 4 nitrogen and oxygen atoms in total. The minimum absolute atomic E-state index is 0.532. The number of dihydropyridines is 1.